The number of carbonyl (C=O) groups excluding carboxylic acids is 2. The highest BCUT2D eigenvalue weighted by Crippen LogP contribution is 2.25. The van der Waals surface area contributed by atoms with Crippen molar-refractivity contribution < 1.29 is 9.59 Å². The van der Waals surface area contributed by atoms with Crippen molar-refractivity contribution in [3.63, 3.8) is 0 Å². The molecule has 1 amide bonds. The number of aryl methyl sites for hydroxylation is 1. The van der Waals surface area contributed by atoms with Crippen LogP contribution < -0.4 is 5.32 Å². The lowest BCUT2D eigenvalue weighted by atomic mass is 10.0. The predicted octanol–water partition coefficient (Wildman–Crippen LogP) is 5.06. The predicted molar refractivity (Wildman–Crippen MR) is 105 cm³/mol. The van der Waals surface area contributed by atoms with E-state index in [1.165, 1.54) is 4.68 Å². The van der Waals surface area contributed by atoms with E-state index < -0.39 is 0 Å². The molecule has 0 saturated heterocycles. The molecule has 1 aromatic heterocycles. The van der Waals surface area contributed by atoms with Crippen LogP contribution in [0.25, 0.3) is 0 Å². The number of hydrogen-bond donors (Lipinski definition) is 1. The summed E-state index contributed by atoms with van der Waals surface area (Å²) in [6.07, 6.45) is 0.996. The molecule has 0 spiro atoms. The lowest BCUT2D eigenvalue weighted by Gasteiger charge is -2.08. The summed E-state index contributed by atoms with van der Waals surface area (Å²) in [7, 11) is 0. The lowest BCUT2D eigenvalue weighted by Crippen LogP contribution is -2.18. The average molecular weight is 396 g/mol. The van der Waals surface area contributed by atoms with Gasteiger partial charge in [-0.2, -0.15) is 5.10 Å². The Morgan fingerprint density at radius 2 is 1.88 bits per heavy atom. The number of nitrogens with one attached hydrogen (secondary N) is 1. The summed E-state index contributed by atoms with van der Waals surface area (Å²) in [5.41, 5.74) is 3.29. The van der Waals surface area contributed by atoms with Crippen molar-refractivity contribution in [2.24, 2.45) is 5.92 Å². The number of aromatic nitrogens is 2. The van der Waals surface area contributed by atoms with Gasteiger partial charge in [0, 0.05) is 23.6 Å². The molecule has 140 valence electrons. The molecule has 26 heavy (non-hydrogen) atoms. The Morgan fingerprint density at radius 3 is 2.50 bits per heavy atom. The Balaban J connectivity index is 1.99. The number of nitrogens with zero attached hydrogens (tertiary/aromatic N) is 2. The van der Waals surface area contributed by atoms with Crippen LogP contribution in [0, 0.1) is 19.8 Å². The molecule has 2 rings (SSSR count). The van der Waals surface area contributed by atoms with E-state index in [9.17, 15) is 9.59 Å². The van der Waals surface area contributed by atoms with Gasteiger partial charge in [0.05, 0.1) is 16.4 Å². The van der Waals surface area contributed by atoms with Crippen molar-refractivity contribution in [1.29, 1.82) is 0 Å². The smallest absolute Gasteiger partial charge is 0.247 e. The minimum atomic E-state index is -0.286. The zero-order valence-electron chi connectivity index (χ0n) is 15.4. The normalized spacial score (nSPS) is 11.0. The molecule has 0 aliphatic carbocycles. The Labute approximate surface area is 163 Å². The summed E-state index contributed by atoms with van der Waals surface area (Å²) in [5, 5.41) is 7.88. The summed E-state index contributed by atoms with van der Waals surface area (Å²) in [6.45, 7) is 8.06. The fraction of sp³-hybridized carbons (Fsp3) is 0.421. The van der Waals surface area contributed by atoms with Crippen molar-refractivity contribution in [2.45, 2.75) is 47.0 Å². The quantitative estimate of drug-likeness (QED) is 0.742. The summed E-state index contributed by atoms with van der Waals surface area (Å²) in [4.78, 5) is 24.6. The third kappa shape index (κ3) is 5.08. The summed E-state index contributed by atoms with van der Waals surface area (Å²) in [6, 6.07) is 4.82. The van der Waals surface area contributed by atoms with Crippen molar-refractivity contribution >= 4 is 40.7 Å². The van der Waals surface area contributed by atoms with Crippen molar-refractivity contribution in [3.8, 4) is 0 Å². The molecule has 0 saturated carbocycles. The van der Waals surface area contributed by atoms with Crippen LogP contribution in [0.3, 0.4) is 0 Å². The van der Waals surface area contributed by atoms with E-state index in [-0.39, 0.29) is 24.7 Å². The van der Waals surface area contributed by atoms with Gasteiger partial charge in [-0.15, -0.1) is 0 Å². The van der Waals surface area contributed by atoms with Gasteiger partial charge in [0.1, 0.15) is 0 Å². The second-order valence-corrected chi connectivity index (χ2v) is 7.57. The van der Waals surface area contributed by atoms with Gasteiger partial charge in [0.2, 0.25) is 11.8 Å². The zero-order valence-corrected chi connectivity index (χ0v) is 16.9. The first-order chi connectivity index (χ1) is 12.2. The third-order valence-corrected chi connectivity index (χ3v) is 4.61. The van der Waals surface area contributed by atoms with E-state index in [0.29, 0.717) is 21.7 Å². The van der Waals surface area contributed by atoms with E-state index in [0.717, 1.165) is 23.4 Å². The summed E-state index contributed by atoms with van der Waals surface area (Å²) < 4.78 is 1.41. The fourth-order valence-corrected chi connectivity index (χ4v) is 3.21. The number of rotatable bonds is 6. The molecule has 0 atom stereocenters. The van der Waals surface area contributed by atoms with Crippen LogP contribution in [0.5, 0.6) is 0 Å². The highest BCUT2D eigenvalue weighted by molar-refractivity contribution is 6.36. The largest absolute Gasteiger partial charge is 0.325 e. The van der Waals surface area contributed by atoms with Crippen LogP contribution in [0.15, 0.2) is 18.2 Å². The molecule has 0 radical (unpaired) electrons. The van der Waals surface area contributed by atoms with Crippen molar-refractivity contribution in [3.05, 3.63) is 45.2 Å². The van der Waals surface area contributed by atoms with Gasteiger partial charge >= 0.3 is 0 Å². The van der Waals surface area contributed by atoms with Gasteiger partial charge in [-0.3, -0.25) is 9.59 Å². The monoisotopic (exact) mass is 395 g/mol. The van der Waals surface area contributed by atoms with E-state index in [1.807, 2.05) is 13.8 Å². The molecule has 5 nitrogen and oxygen atoms in total. The number of carbonyl (C=O) groups is 2. The first-order valence-corrected chi connectivity index (χ1v) is 9.27. The Bertz CT molecular complexity index is 828. The zero-order chi connectivity index (χ0) is 19.4. The Morgan fingerprint density at radius 1 is 1.19 bits per heavy atom. The molecule has 1 aromatic carbocycles. The minimum Gasteiger partial charge on any atom is -0.325 e. The van der Waals surface area contributed by atoms with Crippen LogP contribution >= 0.6 is 23.2 Å². The van der Waals surface area contributed by atoms with Crippen LogP contribution in [-0.4, -0.2) is 21.6 Å². The SMILES string of the molecule is Cc1nn(C(=O)CCC(=O)Nc2ccc(Cl)cc2Cl)c(C)c1CC(C)C. The maximum atomic E-state index is 12.5. The lowest BCUT2D eigenvalue weighted by molar-refractivity contribution is -0.116. The molecular formula is C19H23Cl2N3O2. The molecule has 0 unspecified atom stereocenters. The van der Waals surface area contributed by atoms with Crippen LogP contribution in [0.2, 0.25) is 10.0 Å². The molecule has 2 aromatic rings. The number of halogens is 2. The Hall–Kier alpha value is -1.85. The second-order valence-electron chi connectivity index (χ2n) is 6.73. The highest BCUT2D eigenvalue weighted by Gasteiger charge is 2.18. The van der Waals surface area contributed by atoms with Gasteiger partial charge in [-0.1, -0.05) is 37.0 Å². The van der Waals surface area contributed by atoms with E-state index in [4.69, 9.17) is 23.2 Å². The van der Waals surface area contributed by atoms with Gasteiger partial charge in [0.15, 0.2) is 0 Å². The number of hydrogen-bond acceptors (Lipinski definition) is 3. The van der Waals surface area contributed by atoms with Gasteiger partial charge in [-0.25, -0.2) is 4.68 Å². The number of amides is 1. The van der Waals surface area contributed by atoms with Crippen molar-refractivity contribution in [2.75, 3.05) is 5.32 Å². The van der Waals surface area contributed by atoms with Crippen LogP contribution in [0.1, 0.15) is 48.4 Å². The van der Waals surface area contributed by atoms with Crippen LogP contribution in [0.4, 0.5) is 5.69 Å². The van der Waals surface area contributed by atoms with Crippen molar-refractivity contribution in [1.82, 2.24) is 9.78 Å². The molecule has 0 aliphatic heterocycles. The molecule has 0 bridgehead atoms. The standard InChI is InChI=1S/C19H23Cl2N3O2/c1-11(2)9-15-12(3)23-24(13(15)4)19(26)8-7-18(25)22-17-6-5-14(20)10-16(17)21/h5-6,10-11H,7-9H2,1-4H3,(H,22,25). The third-order valence-electron chi connectivity index (χ3n) is 4.06. The first kappa shape index (κ1) is 20.5. The average Bonchev–Trinajstić information content (AvgIpc) is 2.83. The van der Waals surface area contributed by atoms with E-state index >= 15 is 0 Å². The molecular weight excluding hydrogens is 373 g/mol. The molecule has 1 N–H and O–H groups in total. The molecule has 0 fully saturated rings. The fourth-order valence-electron chi connectivity index (χ4n) is 2.75. The molecule has 7 heteroatoms. The summed E-state index contributed by atoms with van der Waals surface area (Å²) >= 11 is 11.9. The highest BCUT2D eigenvalue weighted by atomic mass is 35.5. The first-order valence-electron chi connectivity index (χ1n) is 8.52. The van der Waals surface area contributed by atoms with E-state index in [1.54, 1.807) is 18.2 Å². The minimum absolute atomic E-state index is 0.0512. The van der Waals surface area contributed by atoms with Gasteiger partial charge in [0.25, 0.3) is 0 Å². The summed E-state index contributed by atoms with van der Waals surface area (Å²) in [5.74, 6) is -0.000444. The topological polar surface area (TPSA) is 64.0 Å². The van der Waals surface area contributed by atoms with Crippen LogP contribution in [-0.2, 0) is 11.2 Å². The molecule has 1 heterocycles. The second kappa shape index (κ2) is 8.69. The van der Waals surface area contributed by atoms with E-state index in [2.05, 4.69) is 24.3 Å². The maximum Gasteiger partial charge on any atom is 0.247 e. The van der Waals surface area contributed by atoms with Gasteiger partial charge in [-0.05, 0) is 49.9 Å². The number of benzene rings is 1. The number of anilines is 1. The Kier molecular flexibility index (Phi) is 6.84. The van der Waals surface area contributed by atoms with Gasteiger partial charge < -0.3 is 5.32 Å². The molecule has 0 aliphatic rings. The maximum absolute atomic E-state index is 12.5.